The lowest BCUT2D eigenvalue weighted by molar-refractivity contribution is -0.121. The molecule has 0 bridgehead atoms. The molecule has 4 unspecified atom stereocenters. The minimum Gasteiger partial charge on any atom is -0.352 e. The van der Waals surface area contributed by atoms with Gasteiger partial charge < -0.3 is 5.32 Å². The highest BCUT2D eigenvalue weighted by molar-refractivity contribution is 6.30. The van der Waals surface area contributed by atoms with E-state index in [4.69, 9.17) is 11.6 Å². The van der Waals surface area contributed by atoms with Crippen molar-refractivity contribution in [1.82, 2.24) is 5.32 Å². The molecule has 1 aliphatic rings. The van der Waals surface area contributed by atoms with E-state index in [2.05, 4.69) is 19.2 Å². The highest BCUT2D eigenvalue weighted by atomic mass is 35.5. The van der Waals surface area contributed by atoms with Crippen molar-refractivity contribution in [3.8, 4) is 0 Å². The van der Waals surface area contributed by atoms with E-state index in [-0.39, 0.29) is 5.91 Å². The van der Waals surface area contributed by atoms with Gasteiger partial charge in [0.15, 0.2) is 0 Å². The largest absolute Gasteiger partial charge is 0.352 e. The number of carbonyl (C=O) groups excluding carboxylic acids is 1. The average molecular weight is 218 g/mol. The van der Waals surface area contributed by atoms with Gasteiger partial charge in [0.2, 0.25) is 5.91 Å². The normalized spacial score (nSPS) is 35.0. The Kier molecular flexibility index (Phi) is 4.24. The predicted molar refractivity (Wildman–Crippen MR) is 59.4 cm³/mol. The summed E-state index contributed by atoms with van der Waals surface area (Å²) in [5.74, 6) is 1.25. The smallest absolute Gasteiger partial charge is 0.237 e. The molecule has 3 heteroatoms. The molecule has 0 spiro atoms. The number of amides is 1. The van der Waals surface area contributed by atoms with Gasteiger partial charge in [-0.1, -0.05) is 26.7 Å². The Morgan fingerprint density at radius 2 is 2.07 bits per heavy atom. The van der Waals surface area contributed by atoms with Crippen LogP contribution >= 0.6 is 11.6 Å². The number of carbonyl (C=O) groups is 1. The molecule has 0 heterocycles. The number of hydrogen-bond donors (Lipinski definition) is 1. The average Bonchev–Trinajstić information content (AvgIpc) is 2.12. The minimum atomic E-state index is -0.417. The molecule has 1 aliphatic carbocycles. The summed E-state index contributed by atoms with van der Waals surface area (Å²) in [6.45, 7) is 6.19. The van der Waals surface area contributed by atoms with E-state index in [0.29, 0.717) is 17.9 Å². The summed E-state index contributed by atoms with van der Waals surface area (Å²) >= 11 is 5.72. The summed E-state index contributed by atoms with van der Waals surface area (Å²) in [5.41, 5.74) is 0. The van der Waals surface area contributed by atoms with Crippen molar-refractivity contribution in [3.05, 3.63) is 0 Å². The molecule has 14 heavy (non-hydrogen) atoms. The molecule has 0 radical (unpaired) electrons. The van der Waals surface area contributed by atoms with Crippen LogP contribution in [0.15, 0.2) is 0 Å². The molecule has 0 aliphatic heterocycles. The number of hydrogen-bond acceptors (Lipinski definition) is 1. The molecule has 1 rings (SSSR count). The van der Waals surface area contributed by atoms with Crippen molar-refractivity contribution < 1.29 is 4.79 Å². The number of alkyl halides is 1. The zero-order chi connectivity index (χ0) is 10.7. The minimum absolute atomic E-state index is 0.0300. The maximum absolute atomic E-state index is 11.4. The standard InChI is InChI=1S/C11H20ClNO/c1-7-5-4-6-10(8(7)2)13-11(14)9(3)12/h7-10H,4-6H2,1-3H3,(H,13,14). The van der Waals surface area contributed by atoms with Crippen molar-refractivity contribution in [1.29, 1.82) is 0 Å². The first-order valence-electron chi connectivity index (χ1n) is 5.46. The fourth-order valence-electron chi connectivity index (χ4n) is 2.08. The van der Waals surface area contributed by atoms with Crippen LogP contribution in [-0.4, -0.2) is 17.3 Å². The topological polar surface area (TPSA) is 29.1 Å². The van der Waals surface area contributed by atoms with Crippen molar-refractivity contribution in [2.45, 2.75) is 51.5 Å². The summed E-state index contributed by atoms with van der Waals surface area (Å²) in [7, 11) is 0. The van der Waals surface area contributed by atoms with Crippen LogP contribution in [0.5, 0.6) is 0 Å². The Morgan fingerprint density at radius 3 is 2.64 bits per heavy atom. The molecule has 1 N–H and O–H groups in total. The summed E-state index contributed by atoms with van der Waals surface area (Å²) in [5, 5.41) is 2.61. The van der Waals surface area contributed by atoms with Crippen molar-refractivity contribution >= 4 is 17.5 Å². The molecule has 2 nitrogen and oxygen atoms in total. The van der Waals surface area contributed by atoms with Crippen LogP contribution in [0.3, 0.4) is 0 Å². The molecule has 82 valence electrons. The summed E-state index contributed by atoms with van der Waals surface area (Å²) in [6, 6.07) is 0.326. The van der Waals surface area contributed by atoms with Gasteiger partial charge in [0, 0.05) is 6.04 Å². The lowest BCUT2D eigenvalue weighted by Gasteiger charge is -2.34. The zero-order valence-corrected chi connectivity index (χ0v) is 9.97. The van der Waals surface area contributed by atoms with Crippen LogP contribution in [0.4, 0.5) is 0 Å². The van der Waals surface area contributed by atoms with Gasteiger partial charge in [0.1, 0.15) is 5.38 Å². The first-order valence-corrected chi connectivity index (χ1v) is 5.90. The van der Waals surface area contributed by atoms with Crippen LogP contribution in [-0.2, 0) is 4.79 Å². The van der Waals surface area contributed by atoms with Crippen LogP contribution in [0, 0.1) is 11.8 Å². The number of rotatable bonds is 2. The molecule has 1 amide bonds. The summed E-state index contributed by atoms with van der Waals surface area (Å²) in [4.78, 5) is 11.4. The summed E-state index contributed by atoms with van der Waals surface area (Å²) in [6.07, 6.45) is 3.60. The van der Waals surface area contributed by atoms with E-state index in [1.54, 1.807) is 6.92 Å². The van der Waals surface area contributed by atoms with E-state index in [1.165, 1.54) is 12.8 Å². The lowest BCUT2D eigenvalue weighted by atomic mass is 9.78. The van der Waals surface area contributed by atoms with Crippen molar-refractivity contribution in [2.24, 2.45) is 11.8 Å². The lowest BCUT2D eigenvalue weighted by Crippen LogP contribution is -2.45. The van der Waals surface area contributed by atoms with E-state index in [9.17, 15) is 4.79 Å². The Labute approximate surface area is 91.4 Å². The van der Waals surface area contributed by atoms with Crippen molar-refractivity contribution in [2.75, 3.05) is 0 Å². The van der Waals surface area contributed by atoms with E-state index in [1.807, 2.05) is 0 Å². The molecule has 1 saturated carbocycles. The van der Waals surface area contributed by atoms with Gasteiger partial charge in [-0.05, 0) is 25.2 Å². The van der Waals surface area contributed by atoms with Gasteiger partial charge >= 0.3 is 0 Å². The monoisotopic (exact) mass is 217 g/mol. The maximum Gasteiger partial charge on any atom is 0.237 e. The molecule has 0 aromatic carbocycles. The SMILES string of the molecule is CC(Cl)C(=O)NC1CCCC(C)C1C. The van der Waals surface area contributed by atoms with Crippen LogP contribution < -0.4 is 5.32 Å². The highest BCUT2D eigenvalue weighted by Gasteiger charge is 2.28. The quantitative estimate of drug-likeness (QED) is 0.708. The zero-order valence-electron chi connectivity index (χ0n) is 9.22. The number of halogens is 1. The fourth-order valence-corrected chi connectivity index (χ4v) is 2.15. The first kappa shape index (κ1) is 11.8. The summed E-state index contributed by atoms with van der Waals surface area (Å²) < 4.78 is 0. The second-order valence-corrected chi connectivity index (χ2v) is 5.15. The van der Waals surface area contributed by atoms with Gasteiger partial charge in [-0.3, -0.25) is 4.79 Å². The van der Waals surface area contributed by atoms with Crippen molar-refractivity contribution in [3.63, 3.8) is 0 Å². The van der Waals surface area contributed by atoms with E-state index >= 15 is 0 Å². The Balaban J connectivity index is 2.47. The fraction of sp³-hybridized carbons (Fsp3) is 0.909. The molecular formula is C11H20ClNO. The maximum atomic E-state index is 11.4. The molecule has 0 aromatic heterocycles. The van der Waals surface area contributed by atoms with Gasteiger partial charge in [-0.2, -0.15) is 0 Å². The van der Waals surface area contributed by atoms with Gasteiger partial charge in [-0.25, -0.2) is 0 Å². The third-order valence-corrected chi connectivity index (χ3v) is 3.59. The Morgan fingerprint density at radius 1 is 1.43 bits per heavy atom. The van der Waals surface area contributed by atoms with Crippen LogP contribution in [0.25, 0.3) is 0 Å². The second kappa shape index (κ2) is 5.01. The van der Waals surface area contributed by atoms with Gasteiger partial charge in [0.05, 0.1) is 0 Å². The van der Waals surface area contributed by atoms with Gasteiger partial charge in [-0.15, -0.1) is 11.6 Å². The van der Waals surface area contributed by atoms with E-state index in [0.717, 1.165) is 6.42 Å². The highest BCUT2D eigenvalue weighted by Crippen LogP contribution is 2.29. The Bertz CT molecular complexity index is 205. The second-order valence-electron chi connectivity index (χ2n) is 4.50. The Hall–Kier alpha value is -0.240. The molecule has 4 atom stereocenters. The third kappa shape index (κ3) is 2.88. The van der Waals surface area contributed by atoms with Crippen LogP contribution in [0.2, 0.25) is 0 Å². The first-order chi connectivity index (χ1) is 6.52. The van der Waals surface area contributed by atoms with Gasteiger partial charge in [0.25, 0.3) is 0 Å². The molecule has 1 fully saturated rings. The molecule has 0 aromatic rings. The molecule has 0 saturated heterocycles. The predicted octanol–water partition coefficient (Wildman–Crippen LogP) is 2.55. The number of nitrogens with one attached hydrogen (secondary N) is 1. The molecular weight excluding hydrogens is 198 g/mol. The van der Waals surface area contributed by atoms with E-state index < -0.39 is 5.38 Å². The third-order valence-electron chi connectivity index (χ3n) is 3.40. The van der Waals surface area contributed by atoms with Crippen LogP contribution in [0.1, 0.15) is 40.0 Å².